The van der Waals surface area contributed by atoms with Crippen molar-refractivity contribution in [2.45, 2.75) is 83.3 Å². The maximum atomic E-state index is 12.6. The Balaban J connectivity index is 1.20. The van der Waals surface area contributed by atoms with Crippen LogP contribution in [0.3, 0.4) is 0 Å². The van der Waals surface area contributed by atoms with Crippen LogP contribution < -0.4 is 4.90 Å². The number of hydrogen-bond acceptors (Lipinski definition) is 24. The molecule has 26 nitrogen and oxygen atoms in total. The Morgan fingerprint density at radius 2 is 1.18 bits per heavy atom. The van der Waals surface area contributed by atoms with Crippen molar-refractivity contribution in [1.29, 1.82) is 0 Å². The Kier molecular flexibility index (Phi) is 19.2. The summed E-state index contributed by atoms with van der Waals surface area (Å²) in [7, 11) is -24.8. The first-order valence-electron chi connectivity index (χ1n) is 25.0. The highest BCUT2D eigenvalue weighted by molar-refractivity contribution is 7.87. The first-order valence-corrected chi connectivity index (χ1v) is 32.2. The molecule has 1 saturated heterocycles. The van der Waals surface area contributed by atoms with Gasteiger partial charge in [0.25, 0.3) is 11.8 Å². The second-order valence-corrected chi connectivity index (χ2v) is 26.7. The average molecular weight is 1240 g/mol. The van der Waals surface area contributed by atoms with Crippen molar-refractivity contribution in [3.05, 3.63) is 95.7 Å². The molecule has 3 aliphatic rings. The molecule has 0 aliphatic carbocycles. The molecule has 82 heavy (non-hydrogen) atoms. The van der Waals surface area contributed by atoms with E-state index >= 15 is 0 Å². The largest absolute Gasteiger partial charge is 0.748 e. The minimum Gasteiger partial charge on any atom is -0.748 e. The number of amides is 2. The van der Waals surface area contributed by atoms with E-state index in [1.807, 2.05) is 0 Å². The first kappa shape index (κ1) is 63.7. The normalized spacial score (nSPS) is 18.4. The number of carbonyl (C=O) groups is 3. The molecule has 0 bridgehead atoms. The summed E-state index contributed by atoms with van der Waals surface area (Å²) in [5, 5.41) is -0.0610. The molecule has 0 saturated carbocycles. The summed E-state index contributed by atoms with van der Waals surface area (Å²) in [5.41, 5.74) is -0.258. The highest BCUT2D eigenvalue weighted by atomic mass is 32.2. The van der Waals surface area contributed by atoms with Crippen molar-refractivity contribution in [1.82, 2.24) is 5.06 Å². The van der Waals surface area contributed by atoms with E-state index in [2.05, 4.69) is 0 Å². The van der Waals surface area contributed by atoms with Crippen molar-refractivity contribution in [2.24, 2.45) is 0 Å². The van der Waals surface area contributed by atoms with Gasteiger partial charge in [-0.2, -0.15) is 4.58 Å². The number of benzene rings is 4. The summed E-state index contributed by atoms with van der Waals surface area (Å²) in [5.74, 6) is -2.87. The standard InChI is InChI=1S/C51H59N3O23S5/c1-50(2)43(9-6-5-7-10-44-51(3,18-8-28-78(58,59)60)49-38-30-34(80(64,65)66)32-42(82(70,71)72)36(38)12-14-40(49)53(44)19-22-73-4)52(39-13-11-35-37(48(39)50)29-33(79(61,62)63)31-41(35)81(67,68)69)20-23-75-25-27-76-26-24-74-21-17-47(57)77-54-45(55)15-16-46(54)56/h5-7,9-14,29-32H,8,15-28H2,1-4H3,(H4-,58,59,60,61,62,63,64,65,66,67,68,69,70,71,72)/p-4. The van der Waals surface area contributed by atoms with Gasteiger partial charge < -0.3 is 51.4 Å². The molecule has 0 aromatic heterocycles. The molecule has 31 heteroatoms. The average Bonchev–Trinajstić information content (AvgIpc) is 1.73. The van der Waals surface area contributed by atoms with Crippen LogP contribution in [0.25, 0.3) is 21.5 Å². The molecule has 4 aromatic carbocycles. The lowest BCUT2D eigenvalue weighted by molar-refractivity contribution is -0.442. The fraction of sp³-hybridized carbons (Fsp3) is 0.412. The van der Waals surface area contributed by atoms with Crippen LogP contribution in [-0.4, -0.2) is 170 Å². The molecule has 4 aromatic rings. The molecular weight excluding hydrogens is 1180 g/mol. The van der Waals surface area contributed by atoms with Crippen molar-refractivity contribution < 1.29 is 108 Å². The smallest absolute Gasteiger partial charge is 0.335 e. The van der Waals surface area contributed by atoms with Crippen LogP contribution in [0.1, 0.15) is 64.0 Å². The van der Waals surface area contributed by atoms with Gasteiger partial charge in [-0.3, -0.25) is 9.59 Å². The predicted molar refractivity (Wildman–Crippen MR) is 284 cm³/mol. The van der Waals surface area contributed by atoms with E-state index in [9.17, 15) is 79.2 Å². The van der Waals surface area contributed by atoms with Crippen LogP contribution in [-0.2, 0) is 99.6 Å². The number of allylic oxidation sites excluding steroid dienone is 6. The third kappa shape index (κ3) is 14.2. The maximum absolute atomic E-state index is 12.6. The molecule has 1 unspecified atom stereocenters. The minimum absolute atomic E-state index is 0.0127. The summed E-state index contributed by atoms with van der Waals surface area (Å²) >= 11 is 0. The van der Waals surface area contributed by atoms with Crippen LogP contribution in [0, 0.1) is 0 Å². The Morgan fingerprint density at radius 3 is 1.72 bits per heavy atom. The molecule has 3 heterocycles. The molecule has 7 rings (SSSR count). The van der Waals surface area contributed by atoms with Gasteiger partial charge in [-0.1, -0.05) is 24.3 Å². The summed E-state index contributed by atoms with van der Waals surface area (Å²) in [4.78, 5) is 38.0. The van der Waals surface area contributed by atoms with Crippen LogP contribution in [0.15, 0.2) is 104 Å². The zero-order valence-electron chi connectivity index (χ0n) is 44.4. The van der Waals surface area contributed by atoms with Gasteiger partial charge in [0, 0.05) is 72.1 Å². The van der Waals surface area contributed by atoms with Crippen LogP contribution in [0.2, 0.25) is 0 Å². The first-order chi connectivity index (χ1) is 38.2. The Hall–Kier alpha value is -5.91. The van der Waals surface area contributed by atoms with Gasteiger partial charge in [0.1, 0.15) is 47.1 Å². The van der Waals surface area contributed by atoms with Gasteiger partial charge in [-0.25, -0.2) is 46.9 Å². The van der Waals surface area contributed by atoms with Gasteiger partial charge in [-0.15, -0.1) is 5.06 Å². The number of hydrogen-bond donors (Lipinski definition) is 0. The number of methoxy groups -OCH3 is 1. The molecular formula is C51H55N3O23S5-4. The van der Waals surface area contributed by atoms with Crippen molar-refractivity contribution >= 4 is 107 Å². The highest BCUT2D eigenvalue weighted by Crippen LogP contribution is 2.54. The van der Waals surface area contributed by atoms with E-state index < -0.39 is 105 Å². The van der Waals surface area contributed by atoms with E-state index in [4.69, 9.17) is 23.8 Å². The van der Waals surface area contributed by atoms with E-state index in [0.29, 0.717) is 45.5 Å². The monoisotopic (exact) mass is 1240 g/mol. The SMILES string of the molecule is COCCN1C(=CC=CC=CC2=[N+](CCOCCOCCOCCC(=O)ON3C(=O)CCC3=O)c3ccc4c(S(=O)(=O)[O-])cc(S(=O)(=O)[O-])cc4c3C2(C)C)C(C)(CCCS(=O)(=O)[O-])c2c1ccc1c(S(=O)(=O)[O-])cc(S(=O)(=O)[O-])cc21. The molecule has 2 amide bonds. The Morgan fingerprint density at radius 1 is 0.646 bits per heavy atom. The van der Waals surface area contributed by atoms with E-state index in [1.54, 1.807) is 60.6 Å². The minimum atomic E-state index is -5.41. The number of rotatable bonds is 27. The third-order valence-electron chi connectivity index (χ3n) is 13.9. The third-order valence-corrected chi connectivity index (χ3v) is 18.1. The van der Waals surface area contributed by atoms with E-state index in [-0.39, 0.29) is 119 Å². The van der Waals surface area contributed by atoms with Gasteiger partial charge in [0.15, 0.2) is 12.3 Å². The summed E-state index contributed by atoms with van der Waals surface area (Å²) in [6.07, 6.45) is 7.40. The molecule has 1 atom stereocenters. The van der Waals surface area contributed by atoms with Crippen molar-refractivity contribution in [3.8, 4) is 0 Å². The fourth-order valence-corrected chi connectivity index (χ4v) is 13.5. The van der Waals surface area contributed by atoms with Gasteiger partial charge >= 0.3 is 5.97 Å². The van der Waals surface area contributed by atoms with Crippen LogP contribution in [0.5, 0.6) is 0 Å². The van der Waals surface area contributed by atoms with Gasteiger partial charge in [-0.05, 0) is 97.8 Å². The zero-order valence-corrected chi connectivity index (χ0v) is 48.5. The zero-order chi connectivity index (χ0) is 60.4. The molecule has 446 valence electrons. The summed E-state index contributed by atoms with van der Waals surface area (Å²) < 4.78 is 210. The molecule has 0 N–H and O–H groups in total. The number of hydroxylamine groups is 2. The number of fused-ring (bicyclic) bond motifs is 6. The Bertz CT molecular complexity index is 3930. The predicted octanol–water partition coefficient (Wildman–Crippen LogP) is 2.78. The molecule has 0 spiro atoms. The molecule has 3 aliphatic heterocycles. The number of nitrogens with zero attached hydrogens (tertiary/aromatic N) is 3. The number of anilines is 1. The lowest BCUT2D eigenvalue weighted by Gasteiger charge is -2.31. The lowest BCUT2D eigenvalue weighted by Crippen LogP contribution is -2.32. The summed E-state index contributed by atoms with van der Waals surface area (Å²) in [6.45, 7) is 5.71. The van der Waals surface area contributed by atoms with E-state index in [0.717, 1.165) is 12.1 Å². The molecule has 1 fully saturated rings. The lowest BCUT2D eigenvalue weighted by atomic mass is 9.75. The number of carbonyl (C=O) groups excluding carboxylic acids is 3. The highest BCUT2D eigenvalue weighted by Gasteiger charge is 2.47. The number of imide groups is 1. The van der Waals surface area contributed by atoms with E-state index in [1.165, 1.54) is 31.4 Å². The molecule has 0 radical (unpaired) electrons. The fourth-order valence-electron chi connectivity index (χ4n) is 10.4. The second-order valence-electron chi connectivity index (χ2n) is 19.7. The Labute approximate surface area is 473 Å². The van der Waals surface area contributed by atoms with Crippen LogP contribution >= 0.6 is 0 Å². The topological polar surface area (TPSA) is 393 Å². The van der Waals surface area contributed by atoms with Gasteiger partial charge in [0.2, 0.25) is 5.69 Å². The number of ether oxygens (including phenoxy) is 4. The van der Waals surface area contributed by atoms with Crippen molar-refractivity contribution in [3.63, 3.8) is 0 Å². The maximum Gasteiger partial charge on any atom is 0.335 e. The quantitative estimate of drug-likeness (QED) is 0.0272. The van der Waals surface area contributed by atoms with Crippen molar-refractivity contribution in [2.75, 3.05) is 77.1 Å². The summed E-state index contributed by atoms with van der Waals surface area (Å²) in [6, 6.07) is 8.55. The van der Waals surface area contributed by atoms with Crippen LogP contribution in [0.4, 0.5) is 11.4 Å². The van der Waals surface area contributed by atoms with Gasteiger partial charge in [0.05, 0.1) is 81.2 Å². The second kappa shape index (κ2) is 24.7.